The number of carboxylic acid groups (broad SMARTS) is 1. The van der Waals surface area contributed by atoms with Crippen LogP contribution in [0.4, 0.5) is 0 Å². The summed E-state index contributed by atoms with van der Waals surface area (Å²) in [6.07, 6.45) is 1.82. The number of para-hydroxylation sites is 1. The summed E-state index contributed by atoms with van der Waals surface area (Å²) in [6, 6.07) is 12.5. The number of carboxylic acids is 1. The van der Waals surface area contributed by atoms with Crippen LogP contribution in [0.25, 0.3) is 22.0 Å². The molecule has 0 amide bonds. The van der Waals surface area contributed by atoms with Gasteiger partial charge < -0.3 is 14.8 Å². The van der Waals surface area contributed by atoms with Gasteiger partial charge in [0, 0.05) is 23.2 Å². The number of phenols is 1. The zero-order valence-electron chi connectivity index (χ0n) is 13.3. The second-order valence-corrected chi connectivity index (χ2v) is 5.89. The highest BCUT2D eigenvalue weighted by atomic mass is 16.4. The maximum Gasteiger partial charge on any atom is 0.339 e. The van der Waals surface area contributed by atoms with Crippen molar-refractivity contribution in [1.29, 1.82) is 5.26 Å². The topological polar surface area (TPSA) is 86.2 Å². The van der Waals surface area contributed by atoms with Crippen LogP contribution >= 0.6 is 0 Å². The third-order valence-corrected chi connectivity index (χ3v) is 4.07. The molecule has 1 aromatic heterocycles. The van der Waals surface area contributed by atoms with Crippen LogP contribution < -0.4 is 0 Å². The normalized spacial score (nSPS) is 10.9. The van der Waals surface area contributed by atoms with Gasteiger partial charge in [0.15, 0.2) is 0 Å². The summed E-state index contributed by atoms with van der Waals surface area (Å²) in [5.74, 6) is -1.45. The fraction of sp³-hybridized carbons (Fsp3) is 0.158. The molecular formula is C19H16N2O3. The number of nitriles is 1. The third kappa shape index (κ3) is 2.38. The number of aromatic carboxylic acids is 1. The van der Waals surface area contributed by atoms with Crippen molar-refractivity contribution in [1.82, 2.24) is 4.57 Å². The summed E-state index contributed by atoms with van der Waals surface area (Å²) < 4.78 is 2.02. The monoisotopic (exact) mass is 320 g/mol. The number of fused-ring (bicyclic) bond motifs is 1. The van der Waals surface area contributed by atoms with Crippen molar-refractivity contribution in [3.63, 3.8) is 0 Å². The minimum Gasteiger partial charge on any atom is -0.507 e. The van der Waals surface area contributed by atoms with Crippen LogP contribution in [-0.4, -0.2) is 20.7 Å². The van der Waals surface area contributed by atoms with Gasteiger partial charge in [0.05, 0.1) is 11.1 Å². The second-order valence-electron chi connectivity index (χ2n) is 5.89. The van der Waals surface area contributed by atoms with Crippen LogP contribution in [-0.2, 0) is 0 Å². The highest BCUT2D eigenvalue weighted by Gasteiger charge is 2.17. The molecule has 0 fully saturated rings. The van der Waals surface area contributed by atoms with E-state index in [-0.39, 0.29) is 17.4 Å². The predicted molar refractivity (Wildman–Crippen MR) is 91.1 cm³/mol. The summed E-state index contributed by atoms with van der Waals surface area (Å²) >= 11 is 0. The largest absolute Gasteiger partial charge is 0.507 e. The number of carbonyl (C=O) groups is 1. The first-order valence-corrected chi connectivity index (χ1v) is 7.54. The van der Waals surface area contributed by atoms with E-state index in [4.69, 9.17) is 5.11 Å². The standard InChI is InChI=1S/C19H16N2O3/c1-11(2)21-10-13(9-20)15-5-3-4-14(18(15)21)12-6-7-16(19(23)24)17(22)8-12/h3-8,10-11,22H,1-2H3,(H,23,24). The summed E-state index contributed by atoms with van der Waals surface area (Å²) in [6.45, 7) is 4.06. The van der Waals surface area contributed by atoms with Crippen LogP contribution in [0.1, 0.15) is 35.8 Å². The van der Waals surface area contributed by atoms with E-state index in [2.05, 4.69) is 6.07 Å². The molecule has 0 aliphatic heterocycles. The molecule has 5 nitrogen and oxygen atoms in total. The van der Waals surface area contributed by atoms with Gasteiger partial charge in [0.25, 0.3) is 0 Å². The van der Waals surface area contributed by atoms with Crippen molar-refractivity contribution < 1.29 is 15.0 Å². The first-order chi connectivity index (χ1) is 11.4. The van der Waals surface area contributed by atoms with Crippen LogP contribution in [0.15, 0.2) is 42.6 Å². The molecule has 24 heavy (non-hydrogen) atoms. The Morgan fingerprint density at radius 1 is 1.25 bits per heavy atom. The molecule has 2 aromatic carbocycles. The van der Waals surface area contributed by atoms with Gasteiger partial charge in [-0.2, -0.15) is 5.26 Å². The van der Waals surface area contributed by atoms with Crippen molar-refractivity contribution in [3.8, 4) is 22.9 Å². The van der Waals surface area contributed by atoms with E-state index in [9.17, 15) is 15.2 Å². The summed E-state index contributed by atoms with van der Waals surface area (Å²) in [5, 5.41) is 29.2. The molecule has 5 heteroatoms. The molecule has 0 aliphatic rings. The van der Waals surface area contributed by atoms with Crippen LogP contribution in [0.2, 0.25) is 0 Å². The van der Waals surface area contributed by atoms with Crippen LogP contribution in [0.5, 0.6) is 5.75 Å². The van der Waals surface area contributed by atoms with E-state index in [0.29, 0.717) is 11.1 Å². The van der Waals surface area contributed by atoms with Gasteiger partial charge in [0.2, 0.25) is 0 Å². The lowest BCUT2D eigenvalue weighted by Gasteiger charge is -2.13. The van der Waals surface area contributed by atoms with Crippen molar-refractivity contribution >= 4 is 16.9 Å². The zero-order chi connectivity index (χ0) is 17.4. The second kappa shape index (κ2) is 5.74. The first kappa shape index (κ1) is 15.6. The Morgan fingerprint density at radius 2 is 2.00 bits per heavy atom. The number of nitrogens with zero attached hydrogens (tertiary/aromatic N) is 2. The highest BCUT2D eigenvalue weighted by Crippen LogP contribution is 2.35. The van der Waals surface area contributed by atoms with E-state index < -0.39 is 5.97 Å². The molecule has 0 unspecified atom stereocenters. The zero-order valence-corrected chi connectivity index (χ0v) is 13.3. The van der Waals surface area contributed by atoms with Gasteiger partial charge in [-0.3, -0.25) is 0 Å². The van der Waals surface area contributed by atoms with Gasteiger partial charge in [-0.05, 0) is 31.5 Å². The molecule has 3 aromatic rings. The smallest absolute Gasteiger partial charge is 0.339 e. The van der Waals surface area contributed by atoms with Gasteiger partial charge in [-0.15, -0.1) is 0 Å². The Morgan fingerprint density at radius 3 is 2.58 bits per heavy atom. The number of rotatable bonds is 3. The lowest BCUT2D eigenvalue weighted by atomic mass is 10.00. The number of hydrogen-bond acceptors (Lipinski definition) is 3. The van der Waals surface area contributed by atoms with Crippen molar-refractivity contribution in [3.05, 3.63) is 53.7 Å². The van der Waals surface area contributed by atoms with E-state index in [0.717, 1.165) is 16.5 Å². The van der Waals surface area contributed by atoms with Gasteiger partial charge in [-0.25, -0.2) is 4.79 Å². The molecular weight excluding hydrogens is 304 g/mol. The highest BCUT2D eigenvalue weighted by molar-refractivity contribution is 5.99. The summed E-state index contributed by atoms with van der Waals surface area (Å²) in [5.41, 5.74) is 2.89. The molecule has 3 rings (SSSR count). The van der Waals surface area contributed by atoms with E-state index >= 15 is 0 Å². The lowest BCUT2D eigenvalue weighted by molar-refractivity contribution is 0.0694. The molecule has 0 bridgehead atoms. The first-order valence-electron chi connectivity index (χ1n) is 7.54. The number of aromatic nitrogens is 1. The Balaban J connectivity index is 2.31. The van der Waals surface area contributed by atoms with E-state index in [1.807, 2.05) is 42.8 Å². The van der Waals surface area contributed by atoms with Gasteiger partial charge in [0.1, 0.15) is 17.4 Å². The SMILES string of the molecule is CC(C)n1cc(C#N)c2cccc(-c3ccc(C(=O)O)c(O)c3)c21. The maximum absolute atomic E-state index is 11.1. The van der Waals surface area contributed by atoms with Gasteiger partial charge >= 0.3 is 5.97 Å². The molecule has 0 saturated carbocycles. The molecule has 1 heterocycles. The summed E-state index contributed by atoms with van der Waals surface area (Å²) in [4.78, 5) is 11.1. The average molecular weight is 320 g/mol. The van der Waals surface area contributed by atoms with Crippen molar-refractivity contribution in [2.75, 3.05) is 0 Å². The quantitative estimate of drug-likeness (QED) is 0.758. The third-order valence-electron chi connectivity index (χ3n) is 4.07. The molecule has 0 saturated heterocycles. The average Bonchev–Trinajstić information content (AvgIpc) is 2.93. The fourth-order valence-corrected chi connectivity index (χ4v) is 2.92. The Bertz CT molecular complexity index is 994. The number of hydrogen-bond donors (Lipinski definition) is 2. The Kier molecular flexibility index (Phi) is 3.74. The Hall–Kier alpha value is -3.26. The molecule has 0 spiro atoms. The fourth-order valence-electron chi connectivity index (χ4n) is 2.92. The molecule has 0 atom stereocenters. The minimum absolute atomic E-state index is 0.136. The van der Waals surface area contributed by atoms with Crippen molar-refractivity contribution in [2.45, 2.75) is 19.9 Å². The lowest BCUT2D eigenvalue weighted by Crippen LogP contribution is -2.00. The van der Waals surface area contributed by atoms with E-state index in [1.165, 1.54) is 12.1 Å². The van der Waals surface area contributed by atoms with Gasteiger partial charge in [-0.1, -0.05) is 24.3 Å². The van der Waals surface area contributed by atoms with E-state index in [1.54, 1.807) is 6.07 Å². The predicted octanol–water partition coefficient (Wildman–Crippen LogP) is 4.16. The van der Waals surface area contributed by atoms with Crippen molar-refractivity contribution in [2.24, 2.45) is 0 Å². The maximum atomic E-state index is 11.1. The van der Waals surface area contributed by atoms with Crippen LogP contribution in [0.3, 0.4) is 0 Å². The minimum atomic E-state index is -1.17. The molecule has 120 valence electrons. The molecule has 0 radical (unpaired) electrons. The van der Waals surface area contributed by atoms with Crippen LogP contribution in [0, 0.1) is 11.3 Å². The number of benzene rings is 2. The molecule has 0 aliphatic carbocycles. The number of aromatic hydroxyl groups is 1. The summed E-state index contributed by atoms with van der Waals surface area (Å²) in [7, 11) is 0. The molecule has 2 N–H and O–H groups in total. The Labute approximate surface area is 139 Å².